The highest BCUT2D eigenvalue weighted by Crippen LogP contribution is 2.36. The highest BCUT2D eigenvalue weighted by Gasteiger charge is 2.48. The number of hydrogen-bond acceptors (Lipinski definition) is 5. The Morgan fingerprint density at radius 2 is 1.87 bits per heavy atom. The first kappa shape index (κ1) is 23.3. The molecule has 0 aliphatic carbocycles. The zero-order valence-corrected chi connectivity index (χ0v) is 19.3. The maximum Gasteiger partial charge on any atom is 0.432 e. The lowest BCUT2D eigenvalue weighted by atomic mass is 10.1. The molecule has 1 fully saturated rings. The van der Waals surface area contributed by atoms with Crippen LogP contribution in [-0.4, -0.2) is 78.4 Å². The van der Waals surface area contributed by atoms with E-state index in [1.165, 1.54) is 12.1 Å². The van der Waals surface area contributed by atoms with E-state index in [0.29, 0.717) is 42.0 Å². The number of methoxy groups -OCH3 is 1. The van der Waals surface area contributed by atoms with Crippen LogP contribution in [0.25, 0.3) is 0 Å². The molecule has 0 saturated carbocycles. The van der Waals surface area contributed by atoms with Gasteiger partial charge in [-0.3, -0.25) is 9.80 Å². The Morgan fingerprint density at radius 3 is 2.40 bits per heavy atom. The third-order valence-corrected chi connectivity index (χ3v) is 6.97. The molecule has 12 heteroatoms. The molecule has 0 aromatic heterocycles. The molecule has 0 radical (unpaired) electrons. The van der Waals surface area contributed by atoms with Gasteiger partial charge in [0.15, 0.2) is 5.71 Å². The maximum atomic E-state index is 13.0. The van der Waals surface area contributed by atoms with Crippen LogP contribution in [0.15, 0.2) is 17.2 Å². The first-order chi connectivity index (χ1) is 14.0. The minimum Gasteiger partial charge on any atom is -0.495 e. The van der Waals surface area contributed by atoms with E-state index in [-0.39, 0.29) is 12.5 Å². The van der Waals surface area contributed by atoms with Crippen LogP contribution in [-0.2, 0) is 4.79 Å². The maximum absolute atomic E-state index is 13.0. The number of nitrogens with zero attached hydrogens (tertiary/aromatic N) is 4. The Morgan fingerprint density at radius 1 is 1.23 bits per heavy atom. The third-order valence-electron chi connectivity index (χ3n) is 5.17. The van der Waals surface area contributed by atoms with Crippen LogP contribution in [0, 0.1) is 0 Å². The van der Waals surface area contributed by atoms with E-state index in [2.05, 4.69) is 21.0 Å². The average molecular weight is 532 g/mol. The van der Waals surface area contributed by atoms with Crippen LogP contribution in [0.1, 0.15) is 6.92 Å². The van der Waals surface area contributed by atoms with E-state index < -0.39 is 22.8 Å². The van der Waals surface area contributed by atoms with Crippen molar-refractivity contribution in [3.05, 3.63) is 22.2 Å². The molecule has 3 rings (SSSR count). The fourth-order valence-electron chi connectivity index (χ4n) is 3.41. The minimum absolute atomic E-state index is 0.210. The summed E-state index contributed by atoms with van der Waals surface area (Å²) in [4.78, 5) is 15.3. The molecule has 0 bridgehead atoms. The summed E-state index contributed by atoms with van der Waals surface area (Å²) >= 11 is 15.4. The number of amides is 1. The summed E-state index contributed by atoms with van der Waals surface area (Å²) in [5.41, 5.74) is -0.168. The van der Waals surface area contributed by atoms with Crippen LogP contribution in [0.5, 0.6) is 5.75 Å². The van der Waals surface area contributed by atoms with E-state index >= 15 is 0 Å². The lowest BCUT2D eigenvalue weighted by Gasteiger charge is -2.37. The molecule has 30 heavy (non-hydrogen) atoms. The zero-order valence-electron chi connectivity index (χ0n) is 16.2. The number of piperazine rings is 1. The number of carbonyl (C=O) groups excluding carboxylic acids is 1. The number of rotatable bonds is 4. The molecule has 2 heterocycles. The van der Waals surface area contributed by atoms with Crippen molar-refractivity contribution in [1.82, 2.24) is 9.91 Å². The van der Waals surface area contributed by atoms with Crippen molar-refractivity contribution in [2.75, 3.05) is 44.7 Å². The van der Waals surface area contributed by atoms with Crippen LogP contribution in [0.3, 0.4) is 0 Å². The quantitative estimate of drug-likeness (QED) is 0.550. The van der Waals surface area contributed by atoms with Gasteiger partial charge in [-0.1, -0.05) is 39.1 Å². The van der Waals surface area contributed by atoms with Gasteiger partial charge >= 0.3 is 6.18 Å². The number of ether oxygens (including phenoxy) is 1. The molecular weight excluding hydrogens is 512 g/mol. The first-order valence-electron chi connectivity index (χ1n) is 9.15. The van der Waals surface area contributed by atoms with Crippen molar-refractivity contribution in [3.63, 3.8) is 0 Å². The van der Waals surface area contributed by atoms with Crippen molar-refractivity contribution in [3.8, 4) is 5.75 Å². The molecular formula is C18H20BrCl2F3N4O2. The second-order valence-corrected chi connectivity index (χ2v) is 8.83. The predicted molar refractivity (Wildman–Crippen MR) is 114 cm³/mol. The second kappa shape index (κ2) is 9.00. The van der Waals surface area contributed by atoms with Crippen molar-refractivity contribution in [2.24, 2.45) is 5.10 Å². The van der Waals surface area contributed by atoms with Gasteiger partial charge in [-0.2, -0.15) is 18.3 Å². The van der Waals surface area contributed by atoms with Gasteiger partial charge < -0.3 is 14.5 Å². The smallest absolute Gasteiger partial charge is 0.432 e. The fourth-order valence-corrected chi connectivity index (χ4v) is 4.61. The zero-order chi connectivity index (χ0) is 22.2. The lowest BCUT2D eigenvalue weighted by Crippen LogP contribution is -2.51. The molecule has 166 valence electrons. The number of hydrogen-bond donors (Lipinski definition) is 0. The standard InChI is InChI=1S/C18H20BrCl2F3N4O2/c1-10-16(19)17(18(22,23)24)25-28(10)9-15(29)27-5-3-26(4-6-27)13-8-14(30-2)12(21)7-11(13)20/h7-8,10,16H,3-6,9H2,1-2H3. The van der Waals surface area contributed by atoms with Gasteiger partial charge in [0, 0.05) is 32.2 Å². The van der Waals surface area contributed by atoms with Crippen LogP contribution in [0.4, 0.5) is 18.9 Å². The molecule has 2 unspecified atom stereocenters. The van der Waals surface area contributed by atoms with E-state index in [1.807, 2.05) is 4.90 Å². The average Bonchev–Trinajstić information content (AvgIpc) is 2.97. The Hall–Kier alpha value is -1.39. The topological polar surface area (TPSA) is 48.4 Å². The second-order valence-electron chi connectivity index (χ2n) is 7.03. The van der Waals surface area contributed by atoms with Crippen molar-refractivity contribution >= 4 is 56.4 Å². The molecule has 2 aliphatic rings. The van der Waals surface area contributed by atoms with E-state index in [1.54, 1.807) is 24.0 Å². The number of halogens is 6. The summed E-state index contributed by atoms with van der Waals surface area (Å²) in [5.74, 6) is 0.230. The minimum atomic E-state index is -4.54. The Labute approximate surface area is 190 Å². The highest BCUT2D eigenvalue weighted by molar-refractivity contribution is 9.10. The number of alkyl halides is 4. The summed E-state index contributed by atoms with van der Waals surface area (Å²) in [6, 6.07) is 2.78. The highest BCUT2D eigenvalue weighted by atomic mass is 79.9. The normalized spacial score (nSPS) is 22.4. The van der Waals surface area contributed by atoms with Crippen molar-refractivity contribution < 1.29 is 22.7 Å². The van der Waals surface area contributed by atoms with Crippen molar-refractivity contribution in [1.29, 1.82) is 0 Å². The summed E-state index contributed by atoms with van der Waals surface area (Å²) in [7, 11) is 1.51. The van der Waals surface area contributed by atoms with Gasteiger partial charge in [0.25, 0.3) is 0 Å². The Balaban J connectivity index is 1.62. The molecule has 0 spiro atoms. The fraction of sp³-hybridized carbons (Fsp3) is 0.556. The molecule has 6 nitrogen and oxygen atoms in total. The third kappa shape index (κ3) is 4.75. The van der Waals surface area contributed by atoms with Gasteiger partial charge in [0.1, 0.15) is 12.3 Å². The molecule has 2 atom stereocenters. The molecule has 1 amide bonds. The summed E-state index contributed by atoms with van der Waals surface area (Å²) in [6.07, 6.45) is -4.54. The summed E-state index contributed by atoms with van der Waals surface area (Å²) < 4.78 is 44.4. The van der Waals surface area contributed by atoms with Gasteiger partial charge in [-0.25, -0.2) is 0 Å². The SMILES string of the molecule is COc1cc(N2CCN(C(=O)CN3N=C(C(F)(F)F)C(Br)C3C)CC2)c(Cl)cc1Cl. The molecule has 0 N–H and O–H groups in total. The Kier molecular flexibility index (Phi) is 6.98. The largest absolute Gasteiger partial charge is 0.495 e. The van der Waals surface area contributed by atoms with Crippen LogP contribution in [0.2, 0.25) is 10.0 Å². The van der Waals surface area contributed by atoms with Gasteiger partial charge in [0.05, 0.1) is 33.7 Å². The van der Waals surface area contributed by atoms with Crippen LogP contribution >= 0.6 is 39.1 Å². The molecule has 1 aromatic rings. The molecule has 2 aliphatic heterocycles. The summed E-state index contributed by atoms with van der Waals surface area (Å²) in [6.45, 7) is 3.25. The first-order valence-corrected chi connectivity index (χ1v) is 10.8. The number of hydrazone groups is 1. The molecule has 1 saturated heterocycles. The molecule has 1 aromatic carbocycles. The summed E-state index contributed by atoms with van der Waals surface area (Å²) in [5, 5.41) is 5.71. The van der Waals surface area contributed by atoms with Gasteiger partial charge in [0.2, 0.25) is 5.91 Å². The number of anilines is 1. The lowest BCUT2D eigenvalue weighted by molar-refractivity contribution is -0.133. The monoisotopic (exact) mass is 530 g/mol. The predicted octanol–water partition coefficient (Wildman–Crippen LogP) is 4.04. The number of benzene rings is 1. The Bertz CT molecular complexity index is 847. The van der Waals surface area contributed by atoms with Gasteiger partial charge in [-0.05, 0) is 13.0 Å². The van der Waals surface area contributed by atoms with E-state index in [0.717, 1.165) is 5.69 Å². The van der Waals surface area contributed by atoms with Crippen molar-refractivity contribution in [2.45, 2.75) is 24.0 Å². The van der Waals surface area contributed by atoms with E-state index in [4.69, 9.17) is 27.9 Å². The van der Waals surface area contributed by atoms with Gasteiger partial charge in [-0.15, -0.1) is 0 Å². The van der Waals surface area contributed by atoms with E-state index in [9.17, 15) is 18.0 Å². The number of carbonyl (C=O) groups is 1. The van der Waals surface area contributed by atoms with Crippen LogP contribution < -0.4 is 9.64 Å².